The highest BCUT2D eigenvalue weighted by Gasteiger charge is 2.17. The number of primary amides is 1. The first-order chi connectivity index (χ1) is 11.1. The largest absolute Gasteiger partial charge is 0.370 e. The fraction of sp³-hybridized carbons (Fsp3) is 0.200. The predicted octanol–water partition coefficient (Wildman–Crippen LogP) is 1.62. The van der Waals surface area contributed by atoms with Crippen LogP contribution in [0.15, 0.2) is 47.9 Å². The van der Waals surface area contributed by atoms with Crippen molar-refractivity contribution in [2.75, 3.05) is 17.2 Å². The second-order valence-corrected chi connectivity index (χ2v) is 5.50. The lowest BCUT2D eigenvalue weighted by Crippen LogP contribution is -2.35. The van der Waals surface area contributed by atoms with Crippen molar-refractivity contribution in [3.05, 3.63) is 48.5 Å². The molecule has 0 aliphatic rings. The van der Waals surface area contributed by atoms with E-state index in [2.05, 4.69) is 9.97 Å². The number of carbonyl (C=O) groups excluding carboxylic acids is 2. The molecule has 2 amide bonds. The summed E-state index contributed by atoms with van der Waals surface area (Å²) in [6.45, 7) is 0.135. The number of benzene rings is 1. The number of aromatic nitrogens is 2. The van der Waals surface area contributed by atoms with E-state index in [9.17, 15) is 14.0 Å². The molecule has 1 aromatic heterocycles. The highest BCUT2D eigenvalue weighted by molar-refractivity contribution is 7.99. The first-order valence-corrected chi connectivity index (χ1v) is 7.79. The summed E-state index contributed by atoms with van der Waals surface area (Å²) in [6.07, 6.45) is 3.20. The van der Waals surface area contributed by atoms with Gasteiger partial charge in [-0.1, -0.05) is 11.8 Å². The standard InChI is InChI=1S/C15H15FN4O2S/c16-11-2-4-12(5-3-11)20(9-6-13(17)21)14(22)10-23-15-18-7-1-8-19-15/h1-5,7-8H,6,9-10H2,(H2,17,21). The molecule has 2 aromatic rings. The van der Waals surface area contributed by atoms with Gasteiger partial charge in [-0.3, -0.25) is 9.59 Å². The molecule has 8 heteroatoms. The average molecular weight is 334 g/mol. The van der Waals surface area contributed by atoms with E-state index in [1.165, 1.54) is 40.9 Å². The van der Waals surface area contributed by atoms with Crippen molar-refractivity contribution in [3.8, 4) is 0 Å². The smallest absolute Gasteiger partial charge is 0.237 e. The van der Waals surface area contributed by atoms with Crippen LogP contribution in [0, 0.1) is 5.82 Å². The molecule has 0 saturated carbocycles. The fourth-order valence-corrected chi connectivity index (χ4v) is 2.48. The average Bonchev–Trinajstić information content (AvgIpc) is 2.55. The van der Waals surface area contributed by atoms with Gasteiger partial charge in [-0.2, -0.15) is 0 Å². The van der Waals surface area contributed by atoms with Crippen LogP contribution in [0.1, 0.15) is 6.42 Å². The van der Waals surface area contributed by atoms with Crippen LogP contribution in [0.3, 0.4) is 0 Å². The Morgan fingerprint density at radius 2 is 1.83 bits per heavy atom. The second kappa shape index (κ2) is 8.23. The number of hydrogen-bond acceptors (Lipinski definition) is 5. The molecule has 23 heavy (non-hydrogen) atoms. The Balaban J connectivity index is 2.07. The summed E-state index contributed by atoms with van der Waals surface area (Å²) in [6, 6.07) is 7.17. The Morgan fingerprint density at radius 3 is 2.43 bits per heavy atom. The molecule has 0 bridgehead atoms. The van der Waals surface area contributed by atoms with E-state index in [4.69, 9.17) is 5.73 Å². The quantitative estimate of drug-likeness (QED) is 0.614. The molecule has 2 rings (SSSR count). The van der Waals surface area contributed by atoms with Gasteiger partial charge in [0, 0.05) is 31.0 Å². The third kappa shape index (κ3) is 5.33. The zero-order valence-electron chi connectivity index (χ0n) is 12.2. The highest BCUT2D eigenvalue weighted by Crippen LogP contribution is 2.19. The van der Waals surface area contributed by atoms with Gasteiger partial charge >= 0.3 is 0 Å². The van der Waals surface area contributed by atoms with E-state index < -0.39 is 11.7 Å². The van der Waals surface area contributed by atoms with Crippen molar-refractivity contribution in [1.82, 2.24) is 9.97 Å². The Bertz CT molecular complexity index is 667. The molecular formula is C15H15FN4O2S. The third-order valence-electron chi connectivity index (χ3n) is 2.89. The van der Waals surface area contributed by atoms with Gasteiger partial charge < -0.3 is 10.6 Å². The summed E-state index contributed by atoms with van der Waals surface area (Å²) in [5.74, 6) is -1.05. The lowest BCUT2D eigenvalue weighted by Gasteiger charge is -2.22. The van der Waals surface area contributed by atoms with Crippen LogP contribution >= 0.6 is 11.8 Å². The molecule has 0 saturated heterocycles. The van der Waals surface area contributed by atoms with Gasteiger partial charge in [0.25, 0.3) is 0 Å². The maximum Gasteiger partial charge on any atom is 0.237 e. The van der Waals surface area contributed by atoms with Crippen molar-refractivity contribution in [2.24, 2.45) is 5.73 Å². The molecule has 6 nitrogen and oxygen atoms in total. The van der Waals surface area contributed by atoms with Crippen molar-refractivity contribution in [2.45, 2.75) is 11.6 Å². The summed E-state index contributed by atoms with van der Waals surface area (Å²) in [5, 5.41) is 0.481. The fourth-order valence-electron chi connectivity index (χ4n) is 1.80. The molecule has 2 N–H and O–H groups in total. The molecule has 0 aliphatic heterocycles. The van der Waals surface area contributed by atoms with Crippen LogP contribution in [-0.2, 0) is 9.59 Å². The predicted molar refractivity (Wildman–Crippen MR) is 85.3 cm³/mol. The van der Waals surface area contributed by atoms with Crippen LogP contribution in [0.2, 0.25) is 0 Å². The zero-order chi connectivity index (χ0) is 16.7. The van der Waals surface area contributed by atoms with Crippen molar-refractivity contribution in [3.63, 3.8) is 0 Å². The molecule has 0 spiro atoms. The molecule has 1 aromatic carbocycles. The van der Waals surface area contributed by atoms with Gasteiger partial charge in [0.2, 0.25) is 11.8 Å². The zero-order valence-corrected chi connectivity index (χ0v) is 13.0. The summed E-state index contributed by atoms with van der Waals surface area (Å²) in [7, 11) is 0. The molecule has 0 radical (unpaired) electrons. The van der Waals surface area contributed by atoms with Gasteiger partial charge in [0.1, 0.15) is 5.82 Å². The Kier molecular flexibility index (Phi) is 6.04. The first-order valence-electron chi connectivity index (χ1n) is 6.80. The van der Waals surface area contributed by atoms with Gasteiger partial charge in [-0.25, -0.2) is 14.4 Å². The monoisotopic (exact) mass is 334 g/mol. The van der Waals surface area contributed by atoms with Crippen LogP contribution in [0.4, 0.5) is 10.1 Å². The van der Waals surface area contributed by atoms with Gasteiger partial charge in [0.05, 0.1) is 5.75 Å². The van der Waals surface area contributed by atoms with E-state index in [1.54, 1.807) is 18.5 Å². The minimum absolute atomic E-state index is 0.0234. The molecule has 0 fully saturated rings. The summed E-state index contributed by atoms with van der Waals surface area (Å²) < 4.78 is 13.0. The normalized spacial score (nSPS) is 10.3. The summed E-state index contributed by atoms with van der Waals surface area (Å²) in [5.41, 5.74) is 5.65. The Labute approximate surface area is 136 Å². The van der Waals surface area contributed by atoms with Crippen molar-refractivity contribution < 1.29 is 14.0 Å². The number of nitrogens with two attached hydrogens (primary N) is 1. The maximum atomic E-state index is 13.0. The van der Waals surface area contributed by atoms with Crippen LogP contribution in [-0.4, -0.2) is 34.1 Å². The van der Waals surface area contributed by atoms with Crippen molar-refractivity contribution in [1.29, 1.82) is 0 Å². The van der Waals surface area contributed by atoms with Gasteiger partial charge in [-0.05, 0) is 30.3 Å². The van der Waals surface area contributed by atoms with E-state index in [0.29, 0.717) is 10.8 Å². The van der Waals surface area contributed by atoms with Gasteiger partial charge in [0.15, 0.2) is 5.16 Å². The Hall–Kier alpha value is -2.48. The maximum absolute atomic E-state index is 13.0. The van der Waals surface area contributed by atoms with E-state index in [-0.39, 0.29) is 24.6 Å². The third-order valence-corrected chi connectivity index (χ3v) is 3.75. The lowest BCUT2D eigenvalue weighted by molar-refractivity contribution is -0.118. The molecule has 0 atom stereocenters. The second-order valence-electron chi connectivity index (χ2n) is 4.56. The number of carbonyl (C=O) groups is 2. The summed E-state index contributed by atoms with van der Waals surface area (Å²) in [4.78, 5) is 32.9. The number of rotatable bonds is 7. The van der Waals surface area contributed by atoms with Crippen molar-refractivity contribution >= 4 is 29.3 Å². The van der Waals surface area contributed by atoms with Crippen LogP contribution < -0.4 is 10.6 Å². The molecule has 0 unspecified atom stereocenters. The van der Waals surface area contributed by atoms with Crippen LogP contribution in [0.5, 0.6) is 0 Å². The molecule has 120 valence electrons. The minimum atomic E-state index is -0.510. The lowest BCUT2D eigenvalue weighted by atomic mass is 10.2. The molecule has 1 heterocycles. The SMILES string of the molecule is NC(=O)CCN(C(=O)CSc1ncccn1)c1ccc(F)cc1. The summed E-state index contributed by atoms with van der Waals surface area (Å²) >= 11 is 1.19. The number of halogens is 1. The van der Waals surface area contributed by atoms with Gasteiger partial charge in [-0.15, -0.1) is 0 Å². The first kappa shape index (κ1) is 16.9. The Morgan fingerprint density at radius 1 is 1.17 bits per heavy atom. The minimum Gasteiger partial charge on any atom is -0.370 e. The number of amides is 2. The highest BCUT2D eigenvalue weighted by atomic mass is 32.2. The van der Waals surface area contributed by atoms with E-state index in [1.807, 2.05) is 0 Å². The van der Waals surface area contributed by atoms with E-state index in [0.717, 1.165) is 0 Å². The van der Waals surface area contributed by atoms with Crippen LogP contribution in [0.25, 0.3) is 0 Å². The molecular weight excluding hydrogens is 319 g/mol. The van der Waals surface area contributed by atoms with E-state index >= 15 is 0 Å². The molecule has 0 aliphatic carbocycles. The number of nitrogens with zero attached hydrogens (tertiary/aromatic N) is 3. The number of hydrogen-bond donors (Lipinski definition) is 1. The topological polar surface area (TPSA) is 89.2 Å². The number of anilines is 1. The number of thioether (sulfide) groups is 1.